The van der Waals surface area contributed by atoms with Gasteiger partial charge in [0.25, 0.3) is 0 Å². The van der Waals surface area contributed by atoms with Gasteiger partial charge in [-0.1, -0.05) is 0 Å². The minimum atomic E-state index is -0.397. The second kappa shape index (κ2) is 6.69. The zero-order valence-corrected chi connectivity index (χ0v) is 12.1. The number of ether oxygens (including phenoxy) is 1. The number of hydrogen-bond acceptors (Lipinski definition) is 6. The summed E-state index contributed by atoms with van der Waals surface area (Å²) in [5, 5.41) is 3.18. The summed E-state index contributed by atoms with van der Waals surface area (Å²) < 4.78 is 5.03. The number of anilines is 2. The molecule has 3 N–H and O–H groups in total. The molecule has 0 aliphatic heterocycles. The number of nitrogen functional groups attached to an aromatic ring is 1. The Kier molecular flexibility index (Phi) is 4.71. The minimum absolute atomic E-state index is 0.318. The molecule has 2 rings (SSSR count). The minimum Gasteiger partial charge on any atom is -0.462 e. The number of nitrogens with zero attached hydrogens (tertiary/aromatic N) is 2. The number of carbonyl (C=O) groups is 1. The van der Waals surface area contributed by atoms with Crippen LogP contribution in [0.1, 0.15) is 28.8 Å². The lowest BCUT2D eigenvalue weighted by Crippen LogP contribution is -2.11. The van der Waals surface area contributed by atoms with Crippen LogP contribution in [0.5, 0.6) is 0 Å². The third-order valence-corrected chi connectivity index (χ3v) is 2.83. The van der Waals surface area contributed by atoms with Crippen LogP contribution in [0.25, 0.3) is 0 Å². The van der Waals surface area contributed by atoms with Crippen LogP contribution in [-0.4, -0.2) is 22.5 Å². The van der Waals surface area contributed by atoms with Gasteiger partial charge in [-0.2, -0.15) is 0 Å². The molecule has 21 heavy (non-hydrogen) atoms. The van der Waals surface area contributed by atoms with Gasteiger partial charge in [0.1, 0.15) is 5.82 Å². The normalized spacial score (nSPS) is 10.2. The van der Waals surface area contributed by atoms with E-state index in [2.05, 4.69) is 15.3 Å². The molecule has 0 amide bonds. The van der Waals surface area contributed by atoms with E-state index in [1.165, 1.54) is 0 Å². The predicted molar refractivity (Wildman–Crippen MR) is 80.9 cm³/mol. The molecule has 0 atom stereocenters. The van der Waals surface area contributed by atoms with Crippen molar-refractivity contribution in [1.82, 2.24) is 9.97 Å². The highest BCUT2D eigenvalue weighted by atomic mass is 16.5. The standard InChI is InChI=1S/C15H18N4O2/c1-3-21-15(20)13-8-11(16)4-5-14(13)18-9-12-6-7-17-10(2)19-12/h4-8,18H,3,9,16H2,1-2H3. The van der Waals surface area contributed by atoms with Gasteiger partial charge in [-0.05, 0) is 38.1 Å². The van der Waals surface area contributed by atoms with Gasteiger partial charge in [-0.3, -0.25) is 0 Å². The summed E-state index contributed by atoms with van der Waals surface area (Å²) >= 11 is 0. The first-order chi connectivity index (χ1) is 10.1. The van der Waals surface area contributed by atoms with Gasteiger partial charge in [0.15, 0.2) is 0 Å². The molecule has 0 aliphatic carbocycles. The molecule has 6 nitrogen and oxygen atoms in total. The Balaban J connectivity index is 2.17. The third-order valence-electron chi connectivity index (χ3n) is 2.83. The lowest BCUT2D eigenvalue weighted by molar-refractivity contribution is 0.0527. The van der Waals surface area contributed by atoms with Gasteiger partial charge < -0.3 is 15.8 Å². The summed E-state index contributed by atoms with van der Waals surface area (Å²) in [6, 6.07) is 6.92. The average Bonchev–Trinajstić information content (AvgIpc) is 2.46. The summed E-state index contributed by atoms with van der Waals surface area (Å²) in [6.45, 7) is 4.40. The first kappa shape index (κ1) is 14.8. The number of carbonyl (C=O) groups excluding carboxylic acids is 1. The molecular formula is C15H18N4O2. The highest BCUT2D eigenvalue weighted by Gasteiger charge is 2.13. The molecule has 0 fully saturated rings. The predicted octanol–water partition coefficient (Wildman–Crippen LogP) is 2.16. The quantitative estimate of drug-likeness (QED) is 0.646. The van der Waals surface area contributed by atoms with Gasteiger partial charge in [0.2, 0.25) is 0 Å². The fourth-order valence-corrected chi connectivity index (χ4v) is 1.88. The van der Waals surface area contributed by atoms with E-state index >= 15 is 0 Å². The molecule has 1 heterocycles. The summed E-state index contributed by atoms with van der Waals surface area (Å²) in [4.78, 5) is 20.3. The largest absolute Gasteiger partial charge is 0.462 e. The Morgan fingerprint density at radius 3 is 2.90 bits per heavy atom. The van der Waals surface area contributed by atoms with E-state index in [1.807, 2.05) is 13.0 Å². The van der Waals surface area contributed by atoms with Crippen molar-refractivity contribution in [2.24, 2.45) is 0 Å². The Morgan fingerprint density at radius 2 is 2.19 bits per heavy atom. The molecule has 110 valence electrons. The second-order valence-corrected chi connectivity index (χ2v) is 4.47. The second-order valence-electron chi connectivity index (χ2n) is 4.47. The summed E-state index contributed by atoms with van der Waals surface area (Å²) in [5.41, 5.74) is 8.17. The van der Waals surface area contributed by atoms with Crippen LogP contribution in [0.15, 0.2) is 30.5 Å². The first-order valence-electron chi connectivity index (χ1n) is 6.69. The molecule has 6 heteroatoms. The molecule has 0 unspecified atom stereocenters. The zero-order chi connectivity index (χ0) is 15.2. The van der Waals surface area contributed by atoms with E-state index in [4.69, 9.17) is 10.5 Å². The van der Waals surface area contributed by atoms with E-state index < -0.39 is 5.97 Å². The third kappa shape index (κ3) is 3.92. The highest BCUT2D eigenvalue weighted by Crippen LogP contribution is 2.20. The molecular weight excluding hydrogens is 268 g/mol. The van der Waals surface area contributed by atoms with Crippen LogP contribution in [0.3, 0.4) is 0 Å². The monoisotopic (exact) mass is 286 g/mol. The van der Waals surface area contributed by atoms with Crippen LogP contribution >= 0.6 is 0 Å². The lowest BCUT2D eigenvalue weighted by Gasteiger charge is -2.12. The van der Waals surface area contributed by atoms with Crippen LogP contribution < -0.4 is 11.1 Å². The van der Waals surface area contributed by atoms with Crippen LogP contribution in [-0.2, 0) is 11.3 Å². The van der Waals surface area contributed by atoms with Crippen molar-refractivity contribution in [2.45, 2.75) is 20.4 Å². The Hall–Kier alpha value is -2.63. The van der Waals surface area contributed by atoms with Gasteiger partial charge in [-0.15, -0.1) is 0 Å². The summed E-state index contributed by atoms with van der Waals surface area (Å²) in [5.74, 6) is 0.309. The topological polar surface area (TPSA) is 90.1 Å². The van der Waals surface area contributed by atoms with Crippen LogP contribution in [0.2, 0.25) is 0 Å². The lowest BCUT2D eigenvalue weighted by atomic mass is 10.1. The number of hydrogen-bond donors (Lipinski definition) is 2. The van der Waals surface area contributed by atoms with Gasteiger partial charge >= 0.3 is 5.97 Å². The zero-order valence-electron chi connectivity index (χ0n) is 12.1. The average molecular weight is 286 g/mol. The number of nitrogens with one attached hydrogen (secondary N) is 1. The molecule has 1 aromatic heterocycles. The smallest absolute Gasteiger partial charge is 0.340 e. The number of aryl methyl sites for hydroxylation is 1. The number of nitrogens with two attached hydrogens (primary N) is 1. The summed E-state index contributed by atoms with van der Waals surface area (Å²) in [6.07, 6.45) is 1.70. The van der Waals surface area contributed by atoms with Crippen molar-refractivity contribution in [3.05, 3.63) is 47.5 Å². The molecule has 0 bridgehead atoms. The fourth-order valence-electron chi connectivity index (χ4n) is 1.88. The van der Waals surface area contributed by atoms with Crippen LogP contribution in [0, 0.1) is 6.92 Å². The van der Waals surface area contributed by atoms with Crippen molar-refractivity contribution in [3.8, 4) is 0 Å². The van der Waals surface area contributed by atoms with Crippen molar-refractivity contribution in [2.75, 3.05) is 17.7 Å². The SMILES string of the molecule is CCOC(=O)c1cc(N)ccc1NCc1ccnc(C)n1. The van der Waals surface area contributed by atoms with Crippen molar-refractivity contribution in [1.29, 1.82) is 0 Å². The van der Waals surface area contributed by atoms with E-state index in [1.54, 1.807) is 31.3 Å². The molecule has 0 saturated heterocycles. The maximum absolute atomic E-state index is 11.9. The number of rotatable bonds is 5. The fraction of sp³-hybridized carbons (Fsp3) is 0.267. The number of aromatic nitrogens is 2. The van der Waals surface area contributed by atoms with E-state index in [-0.39, 0.29) is 0 Å². The Bertz CT molecular complexity index is 643. The Labute approximate surface area is 123 Å². The molecule has 0 spiro atoms. The van der Waals surface area contributed by atoms with Gasteiger partial charge in [0, 0.05) is 17.6 Å². The molecule has 0 saturated carbocycles. The molecule has 1 aromatic carbocycles. The molecule has 2 aromatic rings. The molecule has 0 radical (unpaired) electrons. The van der Waals surface area contributed by atoms with E-state index in [0.717, 1.165) is 5.69 Å². The van der Waals surface area contributed by atoms with Crippen molar-refractivity contribution in [3.63, 3.8) is 0 Å². The maximum atomic E-state index is 11.9. The van der Waals surface area contributed by atoms with E-state index in [0.29, 0.717) is 35.9 Å². The first-order valence-corrected chi connectivity index (χ1v) is 6.69. The summed E-state index contributed by atoms with van der Waals surface area (Å²) in [7, 11) is 0. The van der Waals surface area contributed by atoms with E-state index in [9.17, 15) is 4.79 Å². The van der Waals surface area contributed by atoms with Gasteiger partial charge in [-0.25, -0.2) is 14.8 Å². The molecule has 0 aliphatic rings. The van der Waals surface area contributed by atoms with Crippen LogP contribution in [0.4, 0.5) is 11.4 Å². The number of benzene rings is 1. The highest BCUT2D eigenvalue weighted by molar-refractivity contribution is 5.96. The van der Waals surface area contributed by atoms with Gasteiger partial charge in [0.05, 0.1) is 24.4 Å². The van der Waals surface area contributed by atoms with Crippen molar-refractivity contribution >= 4 is 17.3 Å². The number of esters is 1. The Morgan fingerprint density at radius 1 is 1.38 bits per heavy atom. The van der Waals surface area contributed by atoms with Crippen molar-refractivity contribution < 1.29 is 9.53 Å². The maximum Gasteiger partial charge on any atom is 0.340 e.